The maximum atomic E-state index is 12.3. The molecule has 0 spiro atoms. The van der Waals surface area contributed by atoms with Crippen LogP contribution in [0.4, 0.5) is 5.69 Å². The lowest BCUT2D eigenvalue weighted by molar-refractivity contribution is 0.0791. The molecule has 2 heterocycles. The van der Waals surface area contributed by atoms with E-state index in [1.54, 1.807) is 36.6 Å². The smallest absolute Gasteiger partial charge is 0.272 e. The molecule has 2 aromatic rings. The summed E-state index contributed by atoms with van der Waals surface area (Å²) < 4.78 is 0. The number of rotatable bonds is 7. The molecule has 0 aliphatic heterocycles. The monoisotopic (exact) mass is 298 g/mol. The first-order valence-corrected chi connectivity index (χ1v) is 7.55. The van der Waals surface area contributed by atoms with E-state index in [2.05, 4.69) is 22.2 Å². The second-order valence-corrected chi connectivity index (χ2v) is 5.19. The van der Waals surface area contributed by atoms with Gasteiger partial charge in [0.25, 0.3) is 5.91 Å². The van der Waals surface area contributed by atoms with Gasteiger partial charge in [0, 0.05) is 32.5 Å². The van der Waals surface area contributed by atoms with Gasteiger partial charge in [-0.1, -0.05) is 6.92 Å². The number of nitrogens with one attached hydrogen (secondary N) is 1. The highest BCUT2D eigenvalue weighted by Gasteiger charge is 2.12. The van der Waals surface area contributed by atoms with Gasteiger partial charge in [0.1, 0.15) is 5.69 Å². The fourth-order valence-corrected chi connectivity index (χ4v) is 2.04. The molecule has 0 bridgehead atoms. The van der Waals surface area contributed by atoms with E-state index in [1.807, 2.05) is 18.2 Å². The predicted molar refractivity (Wildman–Crippen MR) is 87.9 cm³/mol. The molecule has 0 aromatic carbocycles. The molecule has 0 saturated heterocycles. The number of carbonyl (C=O) groups is 1. The second-order valence-electron chi connectivity index (χ2n) is 5.19. The van der Waals surface area contributed by atoms with Gasteiger partial charge in [0.2, 0.25) is 0 Å². The number of aromatic nitrogens is 2. The van der Waals surface area contributed by atoms with Crippen LogP contribution in [0.1, 0.15) is 29.4 Å². The molecular formula is C17H22N4O. The molecule has 0 aliphatic carbocycles. The van der Waals surface area contributed by atoms with Crippen LogP contribution in [0.2, 0.25) is 0 Å². The Bertz CT molecular complexity index is 583. The van der Waals surface area contributed by atoms with Crippen molar-refractivity contribution in [1.82, 2.24) is 14.9 Å². The van der Waals surface area contributed by atoms with E-state index in [0.717, 1.165) is 25.1 Å². The van der Waals surface area contributed by atoms with Crippen molar-refractivity contribution in [3.63, 3.8) is 0 Å². The molecule has 0 aliphatic rings. The summed E-state index contributed by atoms with van der Waals surface area (Å²) in [7, 11) is 1.80. The molecule has 0 atom stereocenters. The highest BCUT2D eigenvalue weighted by Crippen LogP contribution is 2.08. The maximum absolute atomic E-state index is 12.3. The molecule has 2 rings (SSSR count). The number of anilines is 1. The molecule has 1 amide bonds. The van der Waals surface area contributed by atoms with E-state index >= 15 is 0 Å². The first-order chi connectivity index (χ1) is 10.7. The number of hydrogen-bond donors (Lipinski definition) is 1. The number of carbonyl (C=O) groups excluding carboxylic acids is 1. The first kappa shape index (κ1) is 15.9. The third-order valence-corrected chi connectivity index (χ3v) is 3.39. The van der Waals surface area contributed by atoms with Crippen LogP contribution in [0.15, 0.2) is 42.9 Å². The molecule has 2 aromatic heterocycles. The zero-order valence-electron chi connectivity index (χ0n) is 13.1. The molecule has 0 unspecified atom stereocenters. The Morgan fingerprint density at radius 2 is 2.00 bits per heavy atom. The minimum atomic E-state index is -0.0592. The lowest BCUT2D eigenvalue weighted by atomic mass is 10.2. The van der Waals surface area contributed by atoms with Gasteiger partial charge in [-0.2, -0.15) is 0 Å². The largest absolute Gasteiger partial charge is 0.384 e. The molecule has 0 saturated carbocycles. The molecule has 116 valence electrons. The summed E-state index contributed by atoms with van der Waals surface area (Å²) in [6, 6.07) is 7.59. The van der Waals surface area contributed by atoms with Gasteiger partial charge in [-0.25, -0.2) is 4.98 Å². The Morgan fingerprint density at radius 1 is 1.23 bits per heavy atom. The van der Waals surface area contributed by atoms with Crippen LogP contribution in [0.25, 0.3) is 0 Å². The fourth-order valence-electron chi connectivity index (χ4n) is 2.04. The van der Waals surface area contributed by atoms with Crippen molar-refractivity contribution in [2.45, 2.75) is 19.8 Å². The Labute approximate surface area is 131 Å². The molecule has 5 nitrogen and oxygen atoms in total. The summed E-state index contributed by atoms with van der Waals surface area (Å²) in [6.07, 6.45) is 7.10. The topological polar surface area (TPSA) is 58.1 Å². The third-order valence-electron chi connectivity index (χ3n) is 3.39. The summed E-state index contributed by atoms with van der Waals surface area (Å²) >= 11 is 0. The average Bonchev–Trinajstić information content (AvgIpc) is 2.58. The van der Waals surface area contributed by atoms with Crippen LogP contribution in [-0.2, 0) is 6.42 Å². The van der Waals surface area contributed by atoms with Gasteiger partial charge in [0.15, 0.2) is 0 Å². The third kappa shape index (κ3) is 4.55. The summed E-state index contributed by atoms with van der Waals surface area (Å²) in [5.74, 6) is -0.0592. The molecule has 0 fully saturated rings. The van der Waals surface area contributed by atoms with Gasteiger partial charge < -0.3 is 10.2 Å². The van der Waals surface area contributed by atoms with Gasteiger partial charge in [0.05, 0.1) is 11.9 Å². The Balaban J connectivity index is 1.89. The molecule has 1 N–H and O–H groups in total. The van der Waals surface area contributed by atoms with E-state index in [4.69, 9.17) is 0 Å². The lowest BCUT2D eigenvalue weighted by Gasteiger charge is -2.16. The van der Waals surface area contributed by atoms with Crippen LogP contribution in [-0.4, -0.2) is 40.9 Å². The highest BCUT2D eigenvalue weighted by molar-refractivity contribution is 5.92. The first-order valence-electron chi connectivity index (χ1n) is 7.55. The normalized spacial score (nSPS) is 10.3. The van der Waals surface area contributed by atoms with Crippen molar-refractivity contribution in [1.29, 1.82) is 0 Å². The average molecular weight is 298 g/mol. The summed E-state index contributed by atoms with van der Waals surface area (Å²) in [5, 5.41) is 3.24. The number of hydrogen-bond acceptors (Lipinski definition) is 4. The summed E-state index contributed by atoms with van der Waals surface area (Å²) in [6.45, 7) is 3.66. The lowest BCUT2D eigenvalue weighted by Crippen LogP contribution is -2.29. The number of nitrogens with zero attached hydrogens (tertiary/aromatic N) is 3. The van der Waals surface area contributed by atoms with Gasteiger partial charge in [-0.3, -0.25) is 9.78 Å². The van der Waals surface area contributed by atoms with Crippen molar-refractivity contribution in [3.05, 3.63) is 54.1 Å². The van der Waals surface area contributed by atoms with Crippen LogP contribution >= 0.6 is 0 Å². The van der Waals surface area contributed by atoms with Crippen molar-refractivity contribution in [2.24, 2.45) is 0 Å². The number of pyridine rings is 2. The molecule has 5 heteroatoms. The van der Waals surface area contributed by atoms with E-state index < -0.39 is 0 Å². The van der Waals surface area contributed by atoms with Gasteiger partial charge in [-0.15, -0.1) is 0 Å². The van der Waals surface area contributed by atoms with Crippen molar-refractivity contribution >= 4 is 11.6 Å². The Morgan fingerprint density at radius 3 is 2.64 bits per heavy atom. The summed E-state index contributed by atoms with van der Waals surface area (Å²) in [4.78, 5) is 22.3. The standard InChI is InChI=1S/C17H22N4O/c1-3-9-19-15-4-5-16(20-13-15)17(22)21(2)12-8-14-6-10-18-11-7-14/h4-7,10-11,13,19H,3,8-9,12H2,1-2H3. The van der Waals surface area contributed by atoms with Crippen molar-refractivity contribution < 1.29 is 4.79 Å². The van der Waals surface area contributed by atoms with Crippen molar-refractivity contribution in [3.8, 4) is 0 Å². The van der Waals surface area contributed by atoms with Gasteiger partial charge >= 0.3 is 0 Å². The predicted octanol–water partition coefficient (Wildman–Crippen LogP) is 2.61. The maximum Gasteiger partial charge on any atom is 0.272 e. The van der Waals surface area contributed by atoms with Crippen molar-refractivity contribution in [2.75, 3.05) is 25.5 Å². The minimum absolute atomic E-state index is 0.0592. The quantitative estimate of drug-likeness (QED) is 0.853. The summed E-state index contributed by atoms with van der Waals surface area (Å²) in [5.41, 5.74) is 2.58. The SMILES string of the molecule is CCCNc1ccc(C(=O)N(C)CCc2ccncc2)nc1. The minimum Gasteiger partial charge on any atom is -0.384 e. The van der Waals surface area contributed by atoms with Crippen LogP contribution < -0.4 is 5.32 Å². The number of amides is 1. The Kier molecular flexibility index (Phi) is 5.89. The van der Waals surface area contributed by atoms with Crippen LogP contribution in [0, 0.1) is 0 Å². The van der Waals surface area contributed by atoms with E-state index in [-0.39, 0.29) is 5.91 Å². The Hall–Kier alpha value is -2.43. The van der Waals surface area contributed by atoms with Gasteiger partial charge in [-0.05, 0) is 42.7 Å². The highest BCUT2D eigenvalue weighted by atomic mass is 16.2. The van der Waals surface area contributed by atoms with Crippen LogP contribution in [0.3, 0.4) is 0 Å². The molecule has 0 radical (unpaired) electrons. The zero-order chi connectivity index (χ0) is 15.8. The van der Waals surface area contributed by atoms with E-state index in [1.165, 1.54) is 5.56 Å². The molecule has 22 heavy (non-hydrogen) atoms. The van der Waals surface area contributed by atoms with Crippen LogP contribution in [0.5, 0.6) is 0 Å². The van der Waals surface area contributed by atoms with E-state index in [9.17, 15) is 4.79 Å². The zero-order valence-corrected chi connectivity index (χ0v) is 13.1. The number of likely N-dealkylation sites (N-methyl/N-ethyl adjacent to an activating group) is 1. The molecular weight excluding hydrogens is 276 g/mol. The second kappa shape index (κ2) is 8.12. The fraction of sp³-hybridized carbons (Fsp3) is 0.353. The van der Waals surface area contributed by atoms with E-state index in [0.29, 0.717) is 12.2 Å².